The van der Waals surface area contributed by atoms with Crippen LogP contribution in [0.5, 0.6) is 5.75 Å². The van der Waals surface area contributed by atoms with Gasteiger partial charge in [0, 0.05) is 18.3 Å². The third kappa shape index (κ3) is 3.93. The number of pyridine rings is 1. The molecule has 0 saturated carbocycles. The molecule has 1 aromatic heterocycles. The fourth-order valence-electron chi connectivity index (χ4n) is 1.79. The molecule has 0 bridgehead atoms. The molecule has 5 heteroatoms. The van der Waals surface area contributed by atoms with E-state index in [1.165, 1.54) is 6.07 Å². The molecule has 108 valence electrons. The molecule has 4 nitrogen and oxygen atoms in total. The molecule has 0 radical (unpaired) electrons. The van der Waals surface area contributed by atoms with Crippen molar-refractivity contribution in [3.05, 3.63) is 53.5 Å². The zero-order chi connectivity index (χ0) is 15.1. The molecule has 0 aliphatic rings. The molecule has 0 aliphatic carbocycles. The van der Waals surface area contributed by atoms with E-state index in [0.29, 0.717) is 29.3 Å². The van der Waals surface area contributed by atoms with Crippen molar-refractivity contribution in [2.75, 3.05) is 11.9 Å². The van der Waals surface area contributed by atoms with Gasteiger partial charge in [-0.15, -0.1) is 0 Å². The van der Waals surface area contributed by atoms with E-state index in [1.54, 1.807) is 24.4 Å². The fraction of sp³-hybridized carbons (Fsp3) is 0.250. The van der Waals surface area contributed by atoms with Gasteiger partial charge < -0.3 is 10.1 Å². The summed E-state index contributed by atoms with van der Waals surface area (Å²) in [5, 5.41) is 11.8. The highest BCUT2D eigenvalue weighted by Gasteiger charge is 2.07. The predicted octanol–water partition coefficient (Wildman–Crippen LogP) is 3.49. The van der Waals surface area contributed by atoms with Crippen molar-refractivity contribution in [1.82, 2.24) is 4.98 Å². The van der Waals surface area contributed by atoms with Crippen LogP contribution in [0.1, 0.15) is 24.5 Å². The second-order valence-electron chi connectivity index (χ2n) is 4.47. The normalized spacial score (nSPS) is 9.95. The molecule has 0 fully saturated rings. The van der Waals surface area contributed by atoms with Gasteiger partial charge in [-0.3, -0.25) is 0 Å². The lowest BCUT2D eigenvalue weighted by atomic mass is 10.1. The first-order valence-electron chi connectivity index (χ1n) is 6.74. The summed E-state index contributed by atoms with van der Waals surface area (Å²) in [4.78, 5) is 4.20. The van der Waals surface area contributed by atoms with Crippen molar-refractivity contribution in [3.63, 3.8) is 0 Å². The summed E-state index contributed by atoms with van der Waals surface area (Å²) in [7, 11) is 0. The van der Waals surface area contributed by atoms with Gasteiger partial charge in [0.05, 0.1) is 18.2 Å². The topological polar surface area (TPSA) is 57.9 Å². The Labute approximate surface area is 123 Å². The number of hydrogen-bond acceptors (Lipinski definition) is 4. The molecule has 1 heterocycles. The van der Waals surface area contributed by atoms with Crippen LogP contribution in [0.25, 0.3) is 0 Å². The molecular formula is C16H16FN3O. The van der Waals surface area contributed by atoms with Crippen LogP contribution in [0, 0.1) is 17.1 Å². The summed E-state index contributed by atoms with van der Waals surface area (Å²) in [6.07, 6.45) is 2.55. The Morgan fingerprint density at radius 1 is 1.38 bits per heavy atom. The Kier molecular flexibility index (Phi) is 5.10. The Hall–Kier alpha value is -2.61. The first kappa shape index (κ1) is 14.8. The van der Waals surface area contributed by atoms with E-state index in [9.17, 15) is 4.39 Å². The van der Waals surface area contributed by atoms with Crippen molar-refractivity contribution in [2.45, 2.75) is 19.9 Å². The van der Waals surface area contributed by atoms with Gasteiger partial charge in [-0.05, 0) is 30.7 Å². The average molecular weight is 285 g/mol. The van der Waals surface area contributed by atoms with Crippen molar-refractivity contribution in [3.8, 4) is 11.8 Å². The Bertz CT molecular complexity index is 652. The summed E-state index contributed by atoms with van der Waals surface area (Å²) in [6.45, 7) is 2.90. The maximum absolute atomic E-state index is 13.8. The van der Waals surface area contributed by atoms with Crippen molar-refractivity contribution in [2.24, 2.45) is 0 Å². The maximum Gasteiger partial charge on any atom is 0.169 e. The molecule has 0 spiro atoms. The molecular weight excluding hydrogens is 269 g/mol. The number of rotatable bonds is 6. The number of nitrogens with zero attached hydrogens (tertiary/aromatic N) is 2. The number of ether oxygens (including phenoxy) is 1. The van der Waals surface area contributed by atoms with Crippen LogP contribution in [-0.4, -0.2) is 11.6 Å². The minimum absolute atomic E-state index is 0.275. The second-order valence-corrected chi connectivity index (χ2v) is 4.47. The lowest BCUT2D eigenvalue weighted by Gasteiger charge is -2.12. The highest BCUT2D eigenvalue weighted by molar-refractivity contribution is 5.50. The zero-order valence-electron chi connectivity index (χ0n) is 11.8. The van der Waals surface area contributed by atoms with Gasteiger partial charge in [0.1, 0.15) is 5.82 Å². The Morgan fingerprint density at radius 3 is 2.95 bits per heavy atom. The predicted molar refractivity (Wildman–Crippen MR) is 78.5 cm³/mol. The quantitative estimate of drug-likeness (QED) is 0.882. The van der Waals surface area contributed by atoms with Crippen LogP contribution in [-0.2, 0) is 6.54 Å². The lowest BCUT2D eigenvalue weighted by molar-refractivity contribution is 0.318. The summed E-state index contributed by atoms with van der Waals surface area (Å²) >= 11 is 0. The first-order chi connectivity index (χ1) is 10.2. The van der Waals surface area contributed by atoms with E-state index in [4.69, 9.17) is 10.00 Å². The molecule has 2 rings (SSSR count). The summed E-state index contributed by atoms with van der Waals surface area (Å²) in [5.74, 6) is 0.816. The third-order valence-corrected chi connectivity index (χ3v) is 2.86. The molecule has 0 atom stereocenters. The van der Waals surface area contributed by atoms with Gasteiger partial charge in [-0.1, -0.05) is 13.0 Å². The van der Waals surface area contributed by atoms with Gasteiger partial charge in [0.25, 0.3) is 0 Å². The minimum atomic E-state index is -0.409. The third-order valence-electron chi connectivity index (χ3n) is 2.86. The van der Waals surface area contributed by atoms with E-state index >= 15 is 0 Å². The van der Waals surface area contributed by atoms with E-state index in [-0.39, 0.29) is 6.54 Å². The van der Waals surface area contributed by atoms with Crippen LogP contribution in [0.3, 0.4) is 0 Å². The van der Waals surface area contributed by atoms with Crippen molar-refractivity contribution >= 4 is 5.82 Å². The molecule has 0 saturated heterocycles. The van der Waals surface area contributed by atoms with E-state index < -0.39 is 5.82 Å². The number of anilines is 1. The van der Waals surface area contributed by atoms with E-state index in [2.05, 4.69) is 10.3 Å². The van der Waals surface area contributed by atoms with E-state index in [0.717, 1.165) is 6.42 Å². The number of hydrogen-bond donors (Lipinski definition) is 1. The molecule has 1 N–H and O–H groups in total. The molecule has 2 aromatic rings. The van der Waals surface area contributed by atoms with Gasteiger partial charge in [-0.2, -0.15) is 5.26 Å². The molecule has 1 aromatic carbocycles. The van der Waals surface area contributed by atoms with Gasteiger partial charge >= 0.3 is 0 Å². The SMILES string of the molecule is CCCOc1cccnc1NCc1ccc(C#N)cc1F. The summed E-state index contributed by atoms with van der Waals surface area (Å²) in [5.41, 5.74) is 0.780. The fourth-order valence-corrected chi connectivity index (χ4v) is 1.79. The monoisotopic (exact) mass is 285 g/mol. The average Bonchev–Trinajstić information content (AvgIpc) is 2.52. The number of aromatic nitrogens is 1. The van der Waals surface area contributed by atoms with Crippen LogP contribution in [0.15, 0.2) is 36.5 Å². The molecule has 0 aliphatic heterocycles. The van der Waals surface area contributed by atoms with Crippen LogP contribution < -0.4 is 10.1 Å². The highest BCUT2D eigenvalue weighted by Crippen LogP contribution is 2.22. The van der Waals surface area contributed by atoms with Gasteiger partial charge in [-0.25, -0.2) is 9.37 Å². The second kappa shape index (κ2) is 7.25. The smallest absolute Gasteiger partial charge is 0.169 e. The van der Waals surface area contributed by atoms with Crippen molar-refractivity contribution in [1.29, 1.82) is 5.26 Å². The standard InChI is InChI=1S/C16H16FN3O/c1-2-8-21-15-4-3-7-19-16(15)20-11-13-6-5-12(10-18)9-14(13)17/h3-7,9H,2,8,11H2,1H3,(H,19,20). The number of halogens is 1. The van der Waals surface area contributed by atoms with Gasteiger partial charge in [0.15, 0.2) is 11.6 Å². The van der Waals surface area contributed by atoms with Crippen molar-refractivity contribution < 1.29 is 9.13 Å². The minimum Gasteiger partial charge on any atom is -0.490 e. The number of nitrogens with one attached hydrogen (secondary N) is 1. The summed E-state index contributed by atoms with van der Waals surface area (Å²) in [6, 6.07) is 9.93. The molecule has 21 heavy (non-hydrogen) atoms. The van der Waals surface area contributed by atoms with E-state index in [1.807, 2.05) is 19.1 Å². The molecule has 0 unspecified atom stereocenters. The lowest BCUT2D eigenvalue weighted by Crippen LogP contribution is -2.06. The maximum atomic E-state index is 13.8. The van der Waals surface area contributed by atoms with Gasteiger partial charge in [0.2, 0.25) is 0 Å². The Balaban J connectivity index is 2.08. The number of benzene rings is 1. The number of nitriles is 1. The first-order valence-corrected chi connectivity index (χ1v) is 6.74. The Morgan fingerprint density at radius 2 is 2.24 bits per heavy atom. The van der Waals surface area contributed by atoms with Crippen LogP contribution in [0.2, 0.25) is 0 Å². The largest absolute Gasteiger partial charge is 0.490 e. The zero-order valence-corrected chi connectivity index (χ0v) is 11.8. The highest BCUT2D eigenvalue weighted by atomic mass is 19.1. The summed E-state index contributed by atoms with van der Waals surface area (Å²) < 4.78 is 19.4. The van der Waals surface area contributed by atoms with Crippen LogP contribution in [0.4, 0.5) is 10.2 Å². The van der Waals surface area contributed by atoms with Crippen LogP contribution >= 0.6 is 0 Å². The molecule has 0 amide bonds.